The molecule has 0 aromatic carbocycles. The molecule has 0 aliphatic carbocycles. The van der Waals surface area contributed by atoms with Crippen LogP contribution in [0.15, 0.2) is 15.2 Å². The summed E-state index contributed by atoms with van der Waals surface area (Å²) in [6.45, 7) is 5.07. The van der Waals surface area contributed by atoms with Gasteiger partial charge >= 0.3 is 0 Å². The molecule has 0 unspecified atom stereocenters. The van der Waals surface area contributed by atoms with E-state index >= 15 is 0 Å². The number of thiophene rings is 1. The lowest BCUT2D eigenvalue weighted by atomic mass is 9.95. The lowest BCUT2D eigenvalue weighted by molar-refractivity contribution is 0.0417. The van der Waals surface area contributed by atoms with Gasteiger partial charge in [-0.15, -0.1) is 0 Å². The van der Waals surface area contributed by atoms with Gasteiger partial charge in [0.1, 0.15) is 0 Å². The van der Waals surface area contributed by atoms with Crippen LogP contribution in [0.1, 0.15) is 25.3 Å². The molecule has 2 nitrogen and oxygen atoms in total. The number of ether oxygens (including phenoxy) is 1. The highest BCUT2D eigenvalue weighted by atomic mass is 79.9. The maximum Gasteiger partial charge on any atom is 0.0509 e. The lowest BCUT2D eigenvalue weighted by Crippen LogP contribution is -2.37. The predicted molar refractivity (Wildman–Crippen MR) is 71.9 cm³/mol. The summed E-state index contributed by atoms with van der Waals surface area (Å²) >= 11 is 5.30. The van der Waals surface area contributed by atoms with Gasteiger partial charge in [-0.2, -0.15) is 11.3 Å². The molecule has 1 aliphatic rings. The number of hydrogen-bond donors (Lipinski definition) is 1. The van der Waals surface area contributed by atoms with E-state index < -0.39 is 0 Å². The summed E-state index contributed by atoms with van der Waals surface area (Å²) in [5, 5.41) is 7.92. The topological polar surface area (TPSA) is 21.3 Å². The van der Waals surface area contributed by atoms with Gasteiger partial charge < -0.3 is 10.1 Å². The first kappa shape index (κ1) is 12.6. The fraction of sp³-hybridized carbons (Fsp3) is 0.667. The third-order valence-electron chi connectivity index (χ3n) is 3.21. The summed E-state index contributed by atoms with van der Waals surface area (Å²) in [7, 11) is 0. The Bertz CT molecular complexity index is 323. The predicted octanol–water partition coefficient (Wildman–Crippen LogP) is 3.42. The SMILES string of the molecule is C[C@@H](NCc1cscc1Br)[C@H]1CCCOC1. The van der Waals surface area contributed by atoms with Crippen molar-refractivity contribution < 1.29 is 4.74 Å². The molecule has 1 aromatic heterocycles. The van der Waals surface area contributed by atoms with Crippen LogP contribution < -0.4 is 5.32 Å². The van der Waals surface area contributed by atoms with Gasteiger partial charge in [0.2, 0.25) is 0 Å². The van der Waals surface area contributed by atoms with E-state index in [0.29, 0.717) is 12.0 Å². The number of nitrogens with one attached hydrogen (secondary N) is 1. The Balaban J connectivity index is 1.78. The minimum Gasteiger partial charge on any atom is -0.381 e. The fourth-order valence-electron chi connectivity index (χ4n) is 2.03. The van der Waals surface area contributed by atoms with Gasteiger partial charge in [-0.05, 0) is 52.6 Å². The van der Waals surface area contributed by atoms with E-state index in [1.54, 1.807) is 11.3 Å². The van der Waals surface area contributed by atoms with Crippen LogP contribution >= 0.6 is 27.3 Å². The van der Waals surface area contributed by atoms with E-state index in [0.717, 1.165) is 19.8 Å². The van der Waals surface area contributed by atoms with Crippen molar-refractivity contribution in [2.45, 2.75) is 32.4 Å². The van der Waals surface area contributed by atoms with Gasteiger partial charge in [0.25, 0.3) is 0 Å². The van der Waals surface area contributed by atoms with E-state index in [2.05, 4.69) is 38.9 Å². The normalized spacial score (nSPS) is 23.2. The van der Waals surface area contributed by atoms with E-state index in [9.17, 15) is 0 Å². The molecule has 1 fully saturated rings. The standard InChI is InChI=1S/C12H18BrNOS/c1-9(10-3-2-4-15-6-10)14-5-11-7-16-8-12(11)13/h7-10,14H,2-6H2,1H3/t9-,10+/m1/s1. The number of halogens is 1. The lowest BCUT2D eigenvalue weighted by Gasteiger charge is -2.28. The van der Waals surface area contributed by atoms with E-state index in [1.807, 2.05) is 0 Å². The first-order valence-electron chi connectivity index (χ1n) is 5.79. The summed E-state index contributed by atoms with van der Waals surface area (Å²) in [6.07, 6.45) is 2.50. The van der Waals surface area contributed by atoms with Gasteiger partial charge in [0.05, 0.1) is 6.61 Å². The van der Waals surface area contributed by atoms with Crippen molar-refractivity contribution >= 4 is 27.3 Å². The Morgan fingerprint density at radius 1 is 1.62 bits per heavy atom. The zero-order valence-electron chi connectivity index (χ0n) is 9.54. The molecule has 1 aromatic rings. The first-order valence-corrected chi connectivity index (χ1v) is 7.52. The number of hydrogen-bond acceptors (Lipinski definition) is 3. The van der Waals surface area contributed by atoms with Crippen molar-refractivity contribution in [1.82, 2.24) is 5.32 Å². The van der Waals surface area contributed by atoms with Crippen molar-refractivity contribution in [3.8, 4) is 0 Å². The van der Waals surface area contributed by atoms with E-state index in [4.69, 9.17) is 4.74 Å². The molecule has 2 atom stereocenters. The highest BCUT2D eigenvalue weighted by Gasteiger charge is 2.20. The van der Waals surface area contributed by atoms with Crippen LogP contribution in [0, 0.1) is 5.92 Å². The van der Waals surface area contributed by atoms with Crippen LogP contribution in [-0.4, -0.2) is 19.3 Å². The van der Waals surface area contributed by atoms with Gasteiger partial charge in [0, 0.05) is 29.0 Å². The van der Waals surface area contributed by atoms with E-state index in [1.165, 1.54) is 22.9 Å². The van der Waals surface area contributed by atoms with Crippen LogP contribution in [0.3, 0.4) is 0 Å². The van der Waals surface area contributed by atoms with Crippen LogP contribution in [0.2, 0.25) is 0 Å². The van der Waals surface area contributed by atoms with Gasteiger partial charge in [-0.1, -0.05) is 0 Å². The Morgan fingerprint density at radius 3 is 3.12 bits per heavy atom. The molecular formula is C12H18BrNOS. The van der Waals surface area contributed by atoms with Gasteiger partial charge in [0.15, 0.2) is 0 Å². The third-order valence-corrected chi connectivity index (χ3v) is 5.04. The molecular weight excluding hydrogens is 286 g/mol. The van der Waals surface area contributed by atoms with Crippen LogP contribution in [0.5, 0.6) is 0 Å². The molecule has 1 aliphatic heterocycles. The zero-order valence-corrected chi connectivity index (χ0v) is 11.9. The second-order valence-corrected chi connectivity index (χ2v) is 5.99. The maximum absolute atomic E-state index is 5.52. The molecule has 1 saturated heterocycles. The molecule has 0 bridgehead atoms. The molecule has 2 heterocycles. The van der Waals surface area contributed by atoms with Gasteiger partial charge in [-0.25, -0.2) is 0 Å². The Morgan fingerprint density at radius 2 is 2.50 bits per heavy atom. The summed E-state index contributed by atoms with van der Waals surface area (Å²) in [5.41, 5.74) is 1.36. The third kappa shape index (κ3) is 3.29. The second-order valence-electron chi connectivity index (χ2n) is 4.39. The van der Waals surface area contributed by atoms with Crippen LogP contribution in [-0.2, 0) is 11.3 Å². The maximum atomic E-state index is 5.52. The Hall–Kier alpha value is 0.1000. The average Bonchev–Trinajstić information content (AvgIpc) is 2.73. The smallest absolute Gasteiger partial charge is 0.0509 e. The Labute approximate surface area is 110 Å². The minimum atomic E-state index is 0.534. The molecule has 2 rings (SSSR count). The van der Waals surface area contributed by atoms with Gasteiger partial charge in [-0.3, -0.25) is 0 Å². The van der Waals surface area contributed by atoms with Crippen molar-refractivity contribution in [2.75, 3.05) is 13.2 Å². The number of rotatable bonds is 4. The van der Waals surface area contributed by atoms with Crippen molar-refractivity contribution in [3.63, 3.8) is 0 Å². The van der Waals surface area contributed by atoms with Crippen LogP contribution in [0.25, 0.3) is 0 Å². The van der Waals surface area contributed by atoms with Crippen molar-refractivity contribution in [1.29, 1.82) is 0 Å². The molecule has 0 radical (unpaired) electrons. The quantitative estimate of drug-likeness (QED) is 0.920. The monoisotopic (exact) mass is 303 g/mol. The molecule has 16 heavy (non-hydrogen) atoms. The first-order chi connectivity index (χ1) is 7.77. The average molecular weight is 304 g/mol. The van der Waals surface area contributed by atoms with Crippen molar-refractivity contribution in [2.24, 2.45) is 5.92 Å². The molecule has 4 heteroatoms. The summed E-state index contributed by atoms with van der Waals surface area (Å²) in [4.78, 5) is 0. The molecule has 0 saturated carbocycles. The molecule has 1 N–H and O–H groups in total. The summed E-state index contributed by atoms with van der Waals surface area (Å²) in [6, 6.07) is 0.534. The molecule has 90 valence electrons. The Kier molecular flexibility index (Phi) is 4.82. The van der Waals surface area contributed by atoms with Crippen LogP contribution in [0.4, 0.5) is 0 Å². The highest BCUT2D eigenvalue weighted by molar-refractivity contribution is 9.10. The summed E-state index contributed by atoms with van der Waals surface area (Å²) < 4.78 is 6.74. The van der Waals surface area contributed by atoms with E-state index in [-0.39, 0.29) is 0 Å². The van der Waals surface area contributed by atoms with Crippen molar-refractivity contribution in [3.05, 3.63) is 20.8 Å². The highest BCUT2D eigenvalue weighted by Crippen LogP contribution is 2.22. The fourth-order valence-corrected chi connectivity index (χ4v) is 3.47. The largest absolute Gasteiger partial charge is 0.381 e. The second kappa shape index (κ2) is 6.15. The molecule has 0 amide bonds. The zero-order chi connectivity index (χ0) is 11.4. The minimum absolute atomic E-state index is 0.534. The molecule has 0 spiro atoms. The summed E-state index contributed by atoms with van der Waals surface area (Å²) in [5.74, 6) is 0.672.